The van der Waals surface area contributed by atoms with E-state index in [1.54, 1.807) is 6.07 Å². The van der Waals surface area contributed by atoms with E-state index < -0.39 is 6.10 Å². The Morgan fingerprint density at radius 1 is 1.54 bits per heavy atom. The van der Waals surface area contributed by atoms with Crippen molar-refractivity contribution in [2.75, 3.05) is 5.32 Å². The summed E-state index contributed by atoms with van der Waals surface area (Å²) in [5.41, 5.74) is 2.33. The molecule has 1 atom stereocenters. The van der Waals surface area contributed by atoms with E-state index in [-0.39, 0.29) is 5.91 Å². The van der Waals surface area contributed by atoms with Crippen molar-refractivity contribution < 1.29 is 9.90 Å². The maximum Gasteiger partial charge on any atom is 0.257 e. The molecule has 1 aromatic rings. The van der Waals surface area contributed by atoms with Crippen LogP contribution >= 0.6 is 15.9 Å². The lowest BCUT2D eigenvalue weighted by molar-refractivity contribution is -0.123. The highest BCUT2D eigenvalue weighted by Gasteiger charge is 2.29. The Labute approximate surface area is 83.9 Å². The number of hydrogen-bond acceptors (Lipinski definition) is 2. The molecule has 2 rings (SSSR count). The highest BCUT2D eigenvalue weighted by atomic mass is 79.9. The van der Waals surface area contributed by atoms with E-state index in [1.165, 1.54) is 0 Å². The molecule has 0 aromatic heterocycles. The number of amides is 1. The van der Waals surface area contributed by atoms with Gasteiger partial charge in [-0.2, -0.15) is 0 Å². The Morgan fingerprint density at radius 3 is 2.92 bits per heavy atom. The molecule has 0 aliphatic carbocycles. The predicted octanol–water partition coefficient (Wildman–Crippen LogP) is 1.74. The first-order valence-electron chi connectivity index (χ1n) is 3.89. The van der Waals surface area contributed by atoms with Gasteiger partial charge in [-0.05, 0) is 18.6 Å². The summed E-state index contributed by atoms with van der Waals surface area (Å²) in [6, 6.07) is 3.58. The summed E-state index contributed by atoms with van der Waals surface area (Å²) in [7, 11) is 0. The third kappa shape index (κ3) is 1.17. The van der Waals surface area contributed by atoms with Gasteiger partial charge in [0.1, 0.15) is 0 Å². The van der Waals surface area contributed by atoms with Gasteiger partial charge in [-0.3, -0.25) is 4.79 Å². The van der Waals surface area contributed by atoms with E-state index in [1.807, 2.05) is 13.0 Å². The number of nitrogens with one attached hydrogen (secondary N) is 1. The second-order valence-electron chi connectivity index (χ2n) is 3.03. The van der Waals surface area contributed by atoms with Crippen LogP contribution in [0.1, 0.15) is 17.2 Å². The molecular formula is C9H8BrNO2. The van der Waals surface area contributed by atoms with Gasteiger partial charge in [-0.25, -0.2) is 0 Å². The fraction of sp³-hybridized carbons (Fsp3) is 0.222. The number of halogens is 1. The van der Waals surface area contributed by atoms with Gasteiger partial charge < -0.3 is 10.4 Å². The minimum Gasteiger partial charge on any atom is -0.378 e. The van der Waals surface area contributed by atoms with Gasteiger partial charge in [0.2, 0.25) is 0 Å². The SMILES string of the molecule is Cc1c(Br)ccc2c1NC(=O)C2O. The van der Waals surface area contributed by atoms with E-state index in [4.69, 9.17) is 0 Å². The summed E-state index contributed by atoms with van der Waals surface area (Å²) in [5.74, 6) is -0.351. The Balaban J connectivity index is 2.64. The third-order valence-electron chi connectivity index (χ3n) is 2.22. The number of rotatable bonds is 0. The fourth-order valence-corrected chi connectivity index (χ4v) is 1.76. The van der Waals surface area contributed by atoms with E-state index in [2.05, 4.69) is 21.2 Å². The number of hydrogen-bond donors (Lipinski definition) is 2. The van der Waals surface area contributed by atoms with Gasteiger partial charge in [0.15, 0.2) is 6.10 Å². The summed E-state index contributed by atoms with van der Waals surface area (Å²) >= 11 is 3.36. The van der Waals surface area contributed by atoms with Gasteiger partial charge in [0, 0.05) is 10.0 Å². The molecule has 1 aromatic carbocycles. The molecule has 0 fully saturated rings. The van der Waals surface area contributed by atoms with Crippen molar-refractivity contribution in [2.24, 2.45) is 0 Å². The lowest BCUT2D eigenvalue weighted by Crippen LogP contribution is -2.10. The molecule has 3 nitrogen and oxygen atoms in total. The van der Waals surface area contributed by atoms with Crippen LogP contribution in [0.15, 0.2) is 16.6 Å². The van der Waals surface area contributed by atoms with Crippen molar-refractivity contribution in [3.63, 3.8) is 0 Å². The zero-order chi connectivity index (χ0) is 9.59. The smallest absolute Gasteiger partial charge is 0.257 e. The van der Waals surface area contributed by atoms with Gasteiger partial charge in [-0.15, -0.1) is 0 Å². The molecule has 0 saturated carbocycles. The van der Waals surface area contributed by atoms with Crippen LogP contribution in [0.4, 0.5) is 5.69 Å². The number of fused-ring (bicyclic) bond motifs is 1. The molecular weight excluding hydrogens is 234 g/mol. The molecule has 13 heavy (non-hydrogen) atoms. The Hall–Kier alpha value is -0.870. The minimum atomic E-state index is -1.01. The topological polar surface area (TPSA) is 49.3 Å². The number of benzene rings is 1. The highest BCUT2D eigenvalue weighted by Crippen LogP contribution is 2.36. The average molecular weight is 242 g/mol. The van der Waals surface area contributed by atoms with Crippen LogP contribution in [0.25, 0.3) is 0 Å². The quantitative estimate of drug-likeness (QED) is 0.728. The van der Waals surface area contributed by atoms with E-state index in [9.17, 15) is 9.90 Å². The molecule has 4 heteroatoms. The second-order valence-corrected chi connectivity index (χ2v) is 3.88. The highest BCUT2D eigenvalue weighted by molar-refractivity contribution is 9.10. The maximum atomic E-state index is 11.1. The van der Waals surface area contributed by atoms with Crippen molar-refractivity contribution >= 4 is 27.5 Å². The first-order valence-corrected chi connectivity index (χ1v) is 4.68. The van der Waals surface area contributed by atoms with Crippen LogP contribution in [0, 0.1) is 6.92 Å². The van der Waals surface area contributed by atoms with Crippen LogP contribution < -0.4 is 5.32 Å². The molecule has 1 unspecified atom stereocenters. The Kier molecular flexibility index (Phi) is 1.89. The van der Waals surface area contributed by atoms with Gasteiger partial charge >= 0.3 is 0 Å². The van der Waals surface area contributed by atoms with Crippen LogP contribution in [0.2, 0.25) is 0 Å². The van der Waals surface area contributed by atoms with Crippen molar-refractivity contribution in [1.29, 1.82) is 0 Å². The summed E-state index contributed by atoms with van der Waals surface area (Å²) in [6.07, 6.45) is -1.01. The van der Waals surface area contributed by atoms with Crippen molar-refractivity contribution in [2.45, 2.75) is 13.0 Å². The Bertz CT molecular complexity index is 389. The van der Waals surface area contributed by atoms with E-state index >= 15 is 0 Å². The summed E-state index contributed by atoms with van der Waals surface area (Å²) < 4.78 is 0.931. The third-order valence-corrected chi connectivity index (χ3v) is 3.08. The molecule has 0 saturated heterocycles. The van der Waals surface area contributed by atoms with Gasteiger partial charge in [-0.1, -0.05) is 22.0 Å². The fourth-order valence-electron chi connectivity index (χ4n) is 1.43. The Morgan fingerprint density at radius 2 is 2.23 bits per heavy atom. The molecule has 0 spiro atoms. The molecule has 1 amide bonds. The van der Waals surface area contributed by atoms with E-state index in [0.29, 0.717) is 5.56 Å². The monoisotopic (exact) mass is 241 g/mol. The number of aliphatic hydroxyl groups is 1. The number of aliphatic hydroxyl groups excluding tert-OH is 1. The van der Waals surface area contributed by atoms with Crippen LogP contribution in [-0.2, 0) is 4.79 Å². The number of anilines is 1. The van der Waals surface area contributed by atoms with Gasteiger partial charge in [0.05, 0.1) is 5.69 Å². The molecule has 68 valence electrons. The molecule has 1 heterocycles. The first-order chi connectivity index (χ1) is 6.11. The van der Waals surface area contributed by atoms with Crippen LogP contribution in [0.5, 0.6) is 0 Å². The number of carbonyl (C=O) groups excluding carboxylic acids is 1. The molecule has 1 aliphatic heterocycles. The summed E-state index contributed by atoms with van der Waals surface area (Å²) in [6.45, 7) is 1.89. The second kappa shape index (κ2) is 2.82. The van der Waals surface area contributed by atoms with E-state index in [0.717, 1.165) is 15.7 Å². The maximum absolute atomic E-state index is 11.1. The van der Waals surface area contributed by atoms with Crippen LogP contribution in [-0.4, -0.2) is 11.0 Å². The largest absolute Gasteiger partial charge is 0.378 e. The average Bonchev–Trinajstić information content (AvgIpc) is 2.38. The molecule has 0 radical (unpaired) electrons. The molecule has 0 bridgehead atoms. The number of carbonyl (C=O) groups is 1. The standard InChI is InChI=1S/C9H8BrNO2/c1-4-6(10)3-2-5-7(4)11-9(13)8(5)12/h2-3,8,12H,1H3,(H,11,13). The van der Waals surface area contributed by atoms with Crippen molar-refractivity contribution in [3.05, 3.63) is 27.7 Å². The molecule has 1 aliphatic rings. The summed E-state index contributed by atoms with van der Waals surface area (Å²) in [5, 5.41) is 12.1. The lowest BCUT2D eigenvalue weighted by atomic mass is 10.1. The van der Waals surface area contributed by atoms with Gasteiger partial charge in [0.25, 0.3) is 5.91 Å². The zero-order valence-corrected chi connectivity index (χ0v) is 8.55. The molecule has 2 N–H and O–H groups in total. The zero-order valence-electron chi connectivity index (χ0n) is 6.97. The lowest BCUT2D eigenvalue weighted by Gasteiger charge is -2.05. The van der Waals surface area contributed by atoms with Crippen molar-refractivity contribution in [1.82, 2.24) is 0 Å². The van der Waals surface area contributed by atoms with Crippen molar-refractivity contribution in [3.8, 4) is 0 Å². The minimum absolute atomic E-state index is 0.351. The summed E-state index contributed by atoms with van der Waals surface area (Å²) in [4.78, 5) is 11.1. The predicted molar refractivity (Wildman–Crippen MR) is 52.5 cm³/mol. The first kappa shape index (κ1) is 8.72. The van der Waals surface area contributed by atoms with Crippen LogP contribution in [0.3, 0.4) is 0 Å². The normalized spacial score (nSPS) is 19.9.